The fourth-order valence-electron chi connectivity index (χ4n) is 1.95. The number of allylic oxidation sites excluding steroid dienone is 3. The van der Waals surface area contributed by atoms with E-state index in [9.17, 15) is 18.5 Å². The van der Waals surface area contributed by atoms with Crippen LogP contribution >= 0.6 is 0 Å². The fraction of sp³-hybridized carbons (Fsp3) is 0.214. The molecule has 1 aliphatic rings. The lowest BCUT2D eigenvalue weighted by atomic mass is 10.00. The average Bonchev–Trinajstić information content (AvgIpc) is 2.53. The van der Waals surface area contributed by atoms with E-state index in [2.05, 4.69) is 9.93 Å². The van der Waals surface area contributed by atoms with E-state index in [0.29, 0.717) is 24.1 Å². The van der Waals surface area contributed by atoms with Gasteiger partial charge in [0.2, 0.25) is 0 Å². The Bertz CT molecular complexity index is 765. The van der Waals surface area contributed by atoms with E-state index in [-0.39, 0.29) is 10.6 Å². The largest absolute Gasteiger partial charge is 0.276 e. The summed E-state index contributed by atoms with van der Waals surface area (Å²) >= 11 is 0. The molecule has 0 radical (unpaired) electrons. The predicted octanol–water partition coefficient (Wildman–Crippen LogP) is 2.22. The second kappa shape index (κ2) is 6.52. The van der Waals surface area contributed by atoms with E-state index < -0.39 is 14.9 Å². The van der Waals surface area contributed by atoms with Crippen LogP contribution in [0.5, 0.6) is 0 Å². The third-order valence-electron chi connectivity index (χ3n) is 3.15. The van der Waals surface area contributed by atoms with Crippen molar-refractivity contribution in [3.05, 3.63) is 63.9 Å². The van der Waals surface area contributed by atoms with Crippen molar-refractivity contribution in [2.45, 2.75) is 24.7 Å². The zero-order valence-corrected chi connectivity index (χ0v) is 12.7. The highest BCUT2D eigenvalue weighted by atomic mass is 32.2. The van der Waals surface area contributed by atoms with Gasteiger partial charge in [-0.25, -0.2) is 0 Å². The second-order valence-corrected chi connectivity index (χ2v) is 6.36. The molecule has 0 saturated carbocycles. The van der Waals surface area contributed by atoms with Crippen LogP contribution in [-0.4, -0.2) is 19.1 Å². The number of nitrogens with zero attached hydrogens (tertiary/aromatic N) is 2. The molecule has 0 heterocycles. The summed E-state index contributed by atoms with van der Waals surface area (Å²) in [5.41, 5.74) is 1.05. The zero-order valence-electron chi connectivity index (χ0n) is 11.9. The van der Waals surface area contributed by atoms with Crippen molar-refractivity contribution in [1.82, 2.24) is 4.83 Å². The van der Waals surface area contributed by atoms with Gasteiger partial charge in [-0.1, -0.05) is 18.2 Å². The minimum atomic E-state index is -3.74. The molecule has 0 atom stereocenters. The molecule has 8 heteroatoms. The third-order valence-corrected chi connectivity index (χ3v) is 4.38. The maximum absolute atomic E-state index is 12.0. The van der Waals surface area contributed by atoms with Crippen molar-refractivity contribution in [1.29, 1.82) is 0 Å². The summed E-state index contributed by atoms with van der Waals surface area (Å²) < 4.78 is 24.1. The highest BCUT2D eigenvalue weighted by Gasteiger charge is 2.17. The van der Waals surface area contributed by atoms with Crippen molar-refractivity contribution in [3.63, 3.8) is 0 Å². The highest BCUT2D eigenvalue weighted by molar-refractivity contribution is 7.89. The highest BCUT2D eigenvalue weighted by Crippen LogP contribution is 2.19. The number of hydrazone groups is 1. The molecular weight excluding hydrogens is 306 g/mol. The Morgan fingerprint density at radius 2 is 2.00 bits per heavy atom. The molecule has 0 aromatic heterocycles. The molecule has 1 aliphatic carbocycles. The number of benzene rings is 1. The Labute approximate surface area is 128 Å². The van der Waals surface area contributed by atoms with Gasteiger partial charge in [0.25, 0.3) is 15.7 Å². The van der Waals surface area contributed by atoms with Crippen molar-refractivity contribution >= 4 is 15.7 Å². The van der Waals surface area contributed by atoms with Crippen LogP contribution in [0.3, 0.4) is 0 Å². The first-order valence-electron chi connectivity index (χ1n) is 6.57. The zero-order chi connectivity index (χ0) is 16.2. The Kier molecular flexibility index (Phi) is 4.71. The molecule has 2 rings (SSSR count). The topological polar surface area (TPSA) is 102 Å². The van der Waals surface area contributed by atoms with Crippen LogP contribution in [0.1, 0.15) is 19.8 Å². The van der Waals surface area contributed by atoms with Gasteiger partial charge in [-0.3, -0.25) is 10.1 Å². The molecule has 0 fully saturated rings. The first-order chi connectivity index (χ1) is 10.4. The first-order valence-corrected chi connectivity index (χ1v) is 8.05. The summed E-state index contributed by atoms with van der Waals surface area (Å²) in [6.07, 6.45) is 4.06. The predicted molar refractivity (Wildman–Crippen MR) is 82.3 cm³/mol. The van der Waals surface area contributed by atoms with Gasteiger partial charge in [0, 0.05) is 6.08 Å². The average molecular weight is 321 g/mol. The molecule has 0 aliphatic heterocycles. The quantitative estimate of drug-likeness (QED) is 0.510. The Morgan fingerprint density at radius 3 is 2.64 bits per heavy atom. The Balaban J connectivity index is 2.17. The van der Waals surface area contributed by atoms with Crippen molar-refractivity contribution in [2.75, 3.05) is 0 Å². The lowest BCUT2D eigenvalue weighted by Gasteiger charge is -2.10. The number of sulfonamides is 1. The number of nitrogens with one attached hydrogen (secondary N) is 1. The van der Waals surface area contributed by atoms with E-state index in [1.165, 1.54) is 24.3 Å². The minimum Gasteiger partial charge on any atom is -0.258 e. The summed E-state index contributed by atoms with van der Waals surface area (Å²) in [6.45, 7) is 1.61. The summed E-state index contributed by atoms with van der Waals surface area (Å²) in [4.78, 5) is 12.5. The van der Waals surface area contributed by atoms with E-state index in [4.69, 9.17) is 0 Å². The van der Waals surface area contributed by atoms with Gasteiger partial charge in [-0.15, -0.1) is 0 Å². The van der Waals surface area contributed by atoms with Crippen LogP contribution in [0.25, 0.3) is 0 Å². The van der Waals surface area contributed by atoms with E-state index in [1.54, 1.807) is 25.1 Å². The smallest absolute Gasteiger partial charge is 0.258 e. The molecule has 1 N–H and O–H groups in total. The normalized spacial score (nSPS) is 15.8. The van der Waals surface area contributed by atoms with E-state index in [0.717, 1.165) is 0 Å². The lowest BCUT2D eigenvalue weighted by Crippen LogP contribution is -2.20. The second-order valence-electron chi connectivity index (χ2n) is 4.70. The molecular formula is C14H15N3O4S. The molecule has 1 aromatic rings. The number of hydrogen-bond donors (Lipinski definition) is 1. The fourth-order valence-corrected chi connectivity index (χ4v) is 2.83. The van der Waals surface area contributed by atoms with Gasteiger partial charge in [0.1, 0.15) is 0 Å². The van der Waals surface area contributed by atoms with Crippen LogP contribution in [0.4, 0.5) is 0 Å². The molecule has 7 nitrogen and oxygen atoms in total. The lowest BCUT2D eigenvalue weighted by molar-refractivity contribution is -0.419. The molecule has 116 valence electrons. The summed E-state index contributed by atoms with van der Waals surface area (Å²) in [5, 5.41) is 14.6. The van der Waals surface area contributed by atoms with Crippen molar-refractivity contribution in [3.8, 4) is 0 Å². The van der Waals surface area contributed by atoms with Gasteiger partial charge in [-0.05, 0) is 43.5 Å². The monoisotopic (exact) mass is 321 g/mol. The standard InChI is InChI=1S/C14H15N3O4S/c1-11(12-6-5-7-13(10-12)17(18)19)15-16-22(20,21)14-8-3-2-4-9-14/h2-4,7-10,16H,5-6H2,1H3/b15-11+. The number of nitro groups is 1. The molecule has 0 saturated heterocycles. The minimum absolute atomic E-state index is 0.00159. The molecule has 22 heavy (non-hydrogen) atoms. The third kappa shape index (κ3) is 3.79. The van der Waals surface area contributed by atoms with Gasteiger partial charge < -0.3 is 0 Å². The van der Waals surface area contributed by atoms with Crippen LogP contribution in [0.15, 0.2) is 63.8 Å². The van der Waals surface area contributed by atoms with E-state index in [1.807, 2.05) is 0 Å². The summed E-state index contributed by atoms with van der Waals surface area (Å²) in [7, 11) is -3.74. The first kappa shape index (κ1) is 15.9. The van der Waals surface area contributed by atoms with Crippen LogP contribution in [-0.2, 0) is 10.0 Å². The molecule has 0 bridgehead atoms. The van der Waals surface area contributed by atoms with E-state index >= 15 is 0 Å². The molecule has 0 amide bonds. The molecule has 1 aromatic carbocycles. The molecule has 0 unspecified atom stereocenters. The maximum atomic E-state index is 12.0. The number of rotatable bonds is 5. The SMILES string of the molecule is C/C(=N\NS(=O)(=O)c1ccccc1)C1=CC([N+](=O)[O-])=CCC1. The van der Waals surface area contributed by atoms with Crippen LogP contribution < -0.4 is 4.83 Å². The van der Waals surface area contributed by atoms with Gasteiger partial charge >= 0.3 is 0 Å². The van der Waals surface area contributed by atoms with Gasteiger partial charge in [0.15, 0.2) is 0 Å². The summed E-state index contributed by atoms with van der Waals surface area (Å²) in [5.74, 6) is 0. The Morgan fingerprint density at radius 1 is 1.32 bits per heavy atom. The van der Waals surface area contributed by atoms with Crippen molar-refractivity contribution in [2.24, 2.45) is 5.10 Å². The van der Waals surface area contributed by atoms with Gasteiger partial charge in [0.05, 0.1) is 15.5 Å². The van der Waals surface area contributed by atoms with Crippen molar-refractivity contribution < 1.29 is 13.3 Å². The van der Waals surface area contributed by atoms with Gasteiger partial charge in [-0.2, -0.15) is 18.4 Å². The maximum Gasteiger partial charge on any atom is 0.276 e. The number of hydrogen-bond acceptors (Lipinski definition) is 5. The molecule has 0 spiro atoms. The van der Waals surface area contributed by atoms with Crippen LogP contribution in [0, 0.1) is 10.1 Å². The summed E-state index contributed by atoms with van der Waals surface area (Å²) in [6, 6.07) is 7.86. The van der Waals surface area contributed by atoms with Crippen LogP contribution in [0.2, 0.25) is 0 Å². The Hall–Kier alpha value is -2.48.